The van der Waals surface area contributed by atoms with Crippen LogP contribution in [0.15, 0.2) is 72.8 Å². The van der Waals surface area contributed by atoms with Crippen LogP contribution in [0.2, 0.25) is 0 Å². The lowest BCUT2D eigenvalue weighted by atomic mass is 10.0. The van der Waals surface area contributed by atoms with Crippen molar-refractivity contribution in [1.29, 1.82) is 0 Å². The molecule has 0 spiro atoms. The molecule has 1 aliphatic heterocycles. The lowest BCUT2D eigenvalue weighted by Gasteiger charge is -2.11. The van der Waals surface area contributed by atoms with Crippen LogP contribution in [0.4, 0.5) is 0 Å². The number of methoxy groups -OCH3 is 2. The van der Waals surface area contributed by atoms with Crippen molar-refractivity contribution in [2.24, 2.45) is 0 Å². The molecule has 148 valence electrons. The van der Waals surface area contributed by atoms with E-state index in [2.05, 4.69) is 0 Å². The van der Waals surface area contributed by atoms with Gasteiger partial charge >= 0.3 is 0 Å². The molecule has 2 atom stereocenters. The van der Waals surface area contributed by atoms with Crippen LogP contribution >= 0.6 is 0 Å². The zero-order chi connectivity index (χ0) is 20.2. The number of hydrogen-bond donors (Lipinski definition) is 0. The first-order chi connectivity index (χ1) is 14.2. The van der Waals surface area contributed by atoms with Gasteiger partial charge < -0.3 is 18.9 Å². The van der Waals surface area contributed by atoms with Crippen LogP contribution in [0.3, 0.4) is 0 Å². The van der Waals surface area contributed by atoms with E-state index in [4.69, 9.17) is 18.9 Å². The van der Waals surface area contributed by atoms with Crippen LogP contribution in [-0.2, 0) is 11.3 Å². The van der Waals surface area contributed by atoms with Gasteiger partial charge in [-0.2, -0.15) is 0 Å². The summed E-state index contributed by atoms with van der Waals surface area (Å²) in [5, 5.41) is 0. The largest absolute Gasteiger partial charge is 0.497 e. The molecule has 1 saturated heterocycles. The molecule has 0 aromatic heterocycles. The molecule has 3 aromatic rings. The number of carbonyl (C=O) groups is 1. The molecule has 0 saturated carbocycles. The van der Waals surface area contributed by atoms with Gasteiger partial charge in [-0.15, -0.1) is 0 Å². The van der Waals surface area contributed by atoms with E-state index in [1.54, 1.807) is 26.4 Å². The first-order valence-electron chi connectivity index (χ1n) is 9.38. The molecular formula is C24H22O5. The molecule has 0 amide bonds. The van der Waals surface area contributed by atoms with Crippen LogP contribution in [0.1, 0.15) is 27.6 Å². The van der Waals surface area contributed by atoms with Gasteiger partial charge in [0, 0.05) is 5.56 Å². The van der Waals surface area contributed by atoms with Crippen molar-refractivity contribution < 1.29 is 23.7 Å². The topological polar surface area (TPSA) is 57.3 Å². The highest BCUT2D eigenvalue weighted by atomic mass is 16.6. The summed E-state index contributed by atoms with van der Waals surface area (Å²) in [6.07, 6.45) is -0.938. The summed E-state index contributed by atoms with van der Waals surface area (Å²) < 4.78 is 22.4. The van der Waals surface area contributed by atoms with Crippen molar-refractivity contribution >= 4 is 5.78 Å². The fraction of sp³-hybridized carbons (Fsp3) is 0.208. The number of Topliss-reactive ketones (excluding diaryl/α,β-unsaturated/α-hetero) is 1. The molecule has 0 bridgehead atoms. The molecule has 0 radical (unpaired) electrons. The van der Waals surface area contributed by atoms with E-state index in [1.807, 2.05) is 60.7 Å². The Morgan fingerprint density at radius 1 is 0.897 bits per heavy atom. The minimum Gasteiger partial charge on any atom is -0.497 e. The summed E-state index contributed by atoms with van der Waals surface area (Å²) in [5.74, 6) is 1.80. The molecule has 0 N–H and O–H groups in total. The Morgan fingerprint density at radius 3 is 2.41 bits per heavy atom. The number of hydrogen-bond acceptors (Lipinski definition) is 5. The average molecular weight is 390 g/mol. The fourth-order valence-electron chi connectivity index (χ4n) is 3.29. The molecule has 1 aliphatic rings. The van der Waals surface area contributed by atoms with Crippen molar-refractivity contribution in [3.63, 3.8) is 0 Å². The highest BCUT2D eigenvalue weighted by molar-refractivity contribution is 6.03. The first kappa shape index (κ1) is 19.0. The molecule has 3 aromatic carbocycles. The summed E-state index contributed by atoms with van der Waals surface area (Å²) in [5.41, 5.74) is 2.35. The zero-order valence-electron chi connectivity index (χ0n) is 16.3. The molecule has 5 nitrogen and oxygen atoms in total. The van der Waals surface area contributed by atoms with Crippen molar-refractivity contribution in [3.05, 3.63) is 89.5 Å². The maximum atomic E-state index is 13.1. The number of ketones is 1. The Kier molecular flexibility index (Phi) is 5.49. The minimum atomic E-state index is -0.572. The predicted molar refractivity (Wildman–Crippen MR) is 109 cm³/mol. The Balaban J connectivity index is 1.52. The van der Waals surface area contributed by atoms with Crippen LogP contribution in [0.25, 0.3) is 0 Å². The summed E-state index contributed by atoms with van der Waals surface area (Å²) >= 11 is 0. The van der Waals surface area contributed by atoms with Gasteiger partial charge in [-0.3, -0.25) is 4.79 Å². The van der Waals surface area contributed by atoms with E-state index in [0.717, 1.165) is 11.1 Å². The van der Waals surface area contributed by atoms with Gasteiger partial charge in [0.05, 0.1) is 19.8 Å². The van der Waals surface area contributed by atoms with Crippen LogP contribution in [-0.4, -0.2) is 26.1 Å². The van der Waals surface area contributed by atoms with E-state index < -0.39 is 6.10 Å². The van der Waals surface area contributed by atoms with Gasteiger partial charge in [-0.25, -0.2) is 0 Å². The number of para-hydroxylation sites is 1. The highest BCUT2D eigenvalue weighted by Crippen LogP contribution is 2.46. The van der Waals surface area contributed by atoms with E-state index in [1.165, 1.54) is 0 Å². The Labute approximate surface area is 169 Å². The molecular weight excluding hydrogens is 368 g/mol. The monoisotopic (exact) mass is 390 g/mol. The number of epoxide rings is 1. The van der Waals surface area contributed by atoms with Crippen molar-refractivity contribution in [2.75, 3.05) is 14.2 Å². The van der Waals surface area contributed by atoms with Gasteiger partial charge in [0.25, 0.3) is 0 Å². The van der Waals surface area contributed by atoms with Gasteiger partial charge in [-0.1, -0.05) is 42.5 Å². The second-order valence-corrected chi connectivity index (χ2v) is 6.72. The Bertz CT molecular complexity index is 999. The van der Waals surface area contributed by atoms with Gasteiger partial charge in [0.15, 0.2) is 11.9 Å². The van der Waals surface area contributed by atoms with Crippen molar-refractivity contribution in [1.82, 2.24) is 0 Å². The molecule has 29 heavy (non-hydrogen) atoms. The summed E-state index contributed by atoms with van der Waals surface area (Å²) in [7, 11) is 3.19. The maximum Gasteiger partial charge on any atom is 0.198 e. The smallest absolute Gasteiger partial charge is 0.198 e. The lowest BCUT2D eigenvalue weighted by Crippen LogP contribution is -2.11. The fourth-order valence-corrected chi connectivity index (χ4v) is 3.29. The van der Waals surface area contributed by atoms with Crippen LogP contribution < -0.4 is 14.2 Å². The summed E-state index contributed by atoms with van der Waals surface area (Å²) in [6, 6.07) is 22.6. The number of carbonyl (C=O) groups excluding carboxylic acids is 1. The van der Waals surface area contributed by atoms with Crippen LogP contribution in [0.5, 0.6) is 17.2 Å². The van der Waals surface area contributed by atoms with Gasteiger partial charge in [0.1, 0.15) is 30.0 Å². The molecule has 1 heterocycles. The molecule has 0 unspecified atom stereocenters. The summed E-state index contributed by atoms with van der Waals surface area (Å²) in [4.78, 5) is 13.1. The van der Waals surface area contributed by atoms with Gasteiger partial charge in [0.2, 0.25) is 0 Å². The van der Waals surface area contributed by atoms with E-state index in [9.17, 15) is 4.79 Å². The second kappa shape index (κ2) is 8.37. The van der Waals surface area contributed by atoms with E-state index in [0.29, 0.717) is 29.4 Å². The number of ether oxygens (including phenoxy) is 4. The predicted octanol–water partition coefficient (Wildman–Crippen LogP) is 4.61. The normalized spacial score (nSPS) is 17.4. The highest BCUT2D eigenvalue weighted by Gasteiger charge is 2.48. The molecule has 1 fully saturated rings. The third-order valence-corrected chi connectivity index (χ3v) is 4.88. The minimum absolute atomic E-state index is 0.108. The third kappa shape index (κ3) is 4.10. The van der Waals surface area contributed by atoms with Crippen molar-refractivity contribution in [3.8, 4) is 17.2 Å². The number of benzene rings is 3. The Morgan fingerprint density at radius 2 is 1.66 bits per heavy atom. The zero-order valence-corrected chi connectivity index (χ0v) is 16.3. The van der Waals surface area contributed by atoms with Gasteiger partial charge in [-0.05, 0) is 35.9 Å². The first-order valence-corrected chi connectivity index (χ1v) is 9.38. The SMILES string of the molecule is COc1ccc(OC)c([C@@H]2O[C@@H]2C(=O)c2ccccc2OCc2ccccc2)c1. The molecule has 5 heteroatoms. The third-order valence-electron chi connectivity index (χ3n) is 4.88. The van der Waals surface area contributed by atoms with E-state index in [-0.39, 0.29) is 11.9 Å². The molecule has 0 aliphatic carbocycles. The molecule has 4 rings (SSSR count). The quantitative estimate of drug-likeness (QED) is 0.415. The Hall–Kier alpha value is -3.31. The summed E-state index contributed by atoms with van der Waals surface area (Å²) in [6.45, 7) is 0.393. The van der Waals surface area contributed by atoms with Crippen molar-refractivity contribution in [2.45, 2.75) is 18.8 Å². The van der Waals surface area contributed by atoms with E-state index >= 15 is 0 Å². The average Bonchev–Trinajstić information content (AvgIpc) is 3.58. The van der Waals surface area contributed by atoms with Crippen LogP contribution in [0, 0.1) is 0 Å². The lowest BCUT2D eigenvalue weighted by molar-refractivity contribution is 0.0949. The maximum absolute atomic E-state index is 13.1. The number of rotatable bonds is 8. The second-order valence-electron chi connectivity index (χ2n) is 6.72. The standard InChI is InChI=1S/C24H22O5/c1-26-17-12-13-20(27-2)19(14-17)23-24(29-23)22(25)18-10-6-7-11-21(18)28-15-16-8-4-3-5-9-16/h3-14,23-24H,15H2,1-2H3/t23-,24+/m0/s1.